The van der Waals surface area contributed by atoms with Gasteiger partial charge in [-0.25, -0.2) is 8.42 Å². The molecule has 5 rings (SSSR count). The third-order valence-electron chi connectivity index (χ3n) is 7.94. The second kappa shape index (κ2) is 13.6. The number of piperazine rings is 1. The summed E-state index contributed by atoms with van der Waals surface area (Å²) in [6.45, 7) is 2.63. The van der Waals surface area contributed by atoms with Gasteiger partial charge in [-0.2, -0.15) is 17.5 Å². The number of amides is 1. The first-order chi connectivity index (χ1) is 21.5. The first-order valence-electron chi connectivity index (χ1n) is 14.7. The lowest BCUT2D eigenvalue weighted by Crippen LogP contribution is -2.49. The number of methoxy groups -OCH3 is 1. The minimum absolute atomic E-state index is 0.0501. The van der Waals surface area contributed by atoms with Crippen LogP contribution in [0.3, 0.4) is 0 Å². The SMILES string of the molecule is COc1cc(S(=O)(=O)N2CCN(C(C)=O)CC2)ccc1NCC#Cc1cc2c(NC3CCOCC3)cccc2n1CC(F)(F)F. The van der Waals surface area contributed by atoms with Crippen molar-refractivity contribution >= 4 is 38.2 Å². The Labute approximate surface area is 260 Å². The molecule has 14 heteroatoms. The van der Waals surface area contributed by atoms with Crippen LogP contribution >= 0.6 is 0 Å². The predicted octanol–water partition coefficient (Wildman–Crippen LogP) is 4.12. The number of rotatable bonds is 8. The fourth-order valence-corrected chi connectivity index (χ4v) is 7.01. The van der Waals surface area contributed by atoms with Crippen LogP contribution in [0.4, 0.5) is 24.5 Å². The van der Waals surface area contributed by atoms with E-state index in [-0.39, 0.29) is 47.9 Å². The normalized spacial score (nSPS) is 16.7. The van der Waals surface area contributed by atoms with Crippen molar-refractivity contribution in [2.75, 3.05) is 63.7 Å². The maximum absolute atomic E-state index is 13.6. The van der Waals surface area contributed by atoms with Gasteiger partial charge < -0.3 is 29.6 Å². The predicted molar refractivity (Wildman–Crippen MR) is 165 cm³/mol. The number of carbonyl (C=O) groups is 1. The molecular formula is C31H36F3N5O5S. The number of hydrogen-bond donors (Lipinski definition) is 2. The molecule has 242 valence electrons. The van der Waals surface area contributed by atoms with Gasteiger partial charge in [-0.3, -0.25) is 4.79 Å². The van der Waals surface area contributed by atoms with Gasteiger partial charge in [0.05, 0.1) is 35.4 Å². The highest BCUT2D eigenvalue weighted by Gasteiger charge is 2.31. The summed E-state index contributed by atoms with van der Waals surface area (Å²) in [7, 11) is -2.40. The van der Waals surface area contributed by atoms with Gasteiger partial charge in [-0.1, -0.05) is 12.0 Å². The summed E-state index contributed by atoms with van der Waals surface area (Å²) >= 11 is 0. The van der Waals surface area contributed by atoms with Gasteiger partial charge in [-0.15, -0.1) is 0 Å². The maximum Gasteiger partial charge on any atom is 0.406 e. The van der Waals surface area contributed by atoms with Gasteiger partial charge >= 0.3 is 6.18 Å². The zero-order chi connectivity index (χ0) is 32.2. The fraction of sp³-hybridized carbons (Fsp3) is 0.452. The van der Waals surface area contributed by atoms with E-state index in [2.05, 4.69) is 22.5 Å². The van der Waals surface area contributed by atoms with Crippen molar-refractivity contribution in [3.63, 3.8) is 0 Å². The summed E-state index contributed by atoms with van der Waals surface area (Å²) in [5, 5.41) is 7.19. The molecule has 2 aliphatic heterocycles. The number of sulfonamides is 1. The van der Waals surface area contributed by atoms with Crippen molar-refractivity contribution in [1.29, 1.82) is 0 Å². The first kappa shape index (κ1) is 32.5. The average Bonchev–Trinajstić information content (AvgIpc) is 3.36. The van der Waals surface area contributed by atoms with Crippen molar-refractivity contribution in [3.05, 3.63) is 48.2 Å². The smallest absolute Gasteiger partial charge is 0.406 e. The van der Waals surface area contributed by atoms with Crippen molar-refractivity contribution < 1.29 is 35.9 Å². The van der Waals surface area contributed by atoms with Crippen LogP contribution in [0.1, 0.15) is 25.5 Å². The summed E-state index contributed by atoms with van der Waals surface area (Å²) in [6, 6.07) is 11.5. The number of ether oxygens (including phenoxy) is 2. The zero-order valence-corrected chi connectivity index (χ0v) is 25.9. The van der Waals surface area contributed by atoms with Gasteiger partial charge in [-0.05, 0) is 49.1 Å². The van der Waals surface area contributed by atoms with Crippen LogP contribution in [0, 0.1) is 11.8 Å². The number of nitrogens with one attached hydrogen (secondary N) is 2. The number of alkyl halides is 3. The van der Waals surface area contributed by atoms with Crippen LogP contribution in [0.25, 0.3) is 10.9 Å². The second-order valence-electron chi connectivity index (χ2n) is 10.9. The van der Waals surface area contributed by atoms with E-state index in [1.807, 2.05) is 6.07 Å². The van der Waals surface area contributed by atoms with E-state index >= 15 is 0 Å². The molecule has 3 aromatic rings. The minimum atomic E-state index is -4.44. The lowest BCUT2D eigenvalue weighted by Gasteiger charge is -2.33. The van der Waals surface area contributed by atoms with Crippen molar-refractivity contribution in [3.8, 4) is 17.6 Å². The van der Waals surface area contributed by atoms with E-state index in [1.165, 1.54) is 35.0 Å². The molecule has 2 N–H and O–H groups in total. The number of halogens is 3. The summed E-state index contributed by atoms with van der Waals surface area (Å²) in [5.41, 5.74) is 1.89. The number of aromatic nitrogens is 1. The Morgan fingerprint density at radius 1 is 1.07 bits per heavy atom. The number of hydrogen-bond acceptors (Lipinski definition) is 7. The van der Waals surface area contributed by atoms with Crippen LogP contribution in [-0.2, 0) is 26.1 Å². The highest BCUT2D eigenvalue weighted by Crippen LogP contribution is 2.32. The molecule has 0 atom stereocenters. The molecule has 2 aliphatic rings. The van der Waals surface area contributed by atoms with E-state index in [1.54, 1.807) is 29.2 Å². The summed E-state index contributed by atoms with van der Waals surface area (Å²) < 4.78 is 80.6. The standard InChI is InChI=1S/C31H36F3N5O5S/c1-22(40)37-13-15-38(16-14-37)45(41,42)25-8-9-28(30(20-25)43-2)35-12-4-5-24-19-26-27(36-23-10-17-44-18-11-23)6-3-7-29(26)39(24)21-31(32,33)34/h3,6-9,19-20,23,35-36H,10-18,21H2,1-2H3. The van der Waals surface area contributed by atoms with Crippen LogP contribution in [0.5, 0.6) is 5.75 Å². The molecule has 0 bridgehead atoms. The summed E-state index contributed by atoms with van der Waals surface area (Å²) in [5.74, 6) is 5.96. The van der Waals surface area contributed by atoms with Crippen molar-refractivity contribution in [2.24, 2.45) is 0 Å². The molecule has 2 saturated heterocycles. The number of benzene rings is 2. The molecule has 0 unspecified atom stereocenters. The molecule has 0 saturated carbocycles. The Morgan fingerprint density at radius 2 is 1.80 bits per heavy atom. The number of nitrogens with zero attached hydrogens (tertiary/aromatic N) is 3. The van der Waals surface area contributed by atoms with Crippen LogP contribution < -0.4 is 15.4 Å². The Hall–Kier alpha value is -3.93. The molecule has 0 radical (unpaired) electrons. The van der Waals surface area contributed by atoms with Crippen LogP contribution in [-0.4, -0.2) is 93.4 Å². The van der Waals surface area contributed by atoms with Crippen molar-refractivity contribution in [1.82, 2.24) is 13.8 Å². The van der Waals surface area contributed by atoms with Crippen molar-refractivity contribution in [2.45, 2.75) is 43.4 Å². The van der Waals surface area contributed by atoms with Crippen LogP contribution in [0.15, 0.2) is 47.4 Å². The Bertz CT molecular complexity index is 1700. The van der Waals surface area contributed by atoms with E-state index in [4.69, 9.17) is 9.47 Å². The van der Waals surface area contributed by atoms with E-state index in [9.17, 15) is 26.4 Å². The third kappa shape index (κ3) is 7.66. The molecule has 1 aromatic heterocycles. The molecule has 3 heterocycles. The number of fused-ring (bicyclic) bond motifs is 1. The molecule has 0 spiro atoms. The number of anilines is 2. The Morgan fingerprint density at radius 3 is 2.47 bits per heavy atom. The van der Waals surface area contributed by atoms with Gasteiger partial charge in [0.25, 0.3) is 0 Å². The highest BCUT2D eigenvalue weighted by molar-refractivity contribution is 7.89. The molecule has 2 aromatic carbocycles. The minimum Gasteiger partial charge on any atom is -0.495 e. The van der Waals surface area contributed by atoms with Gasteiger partial charge in [0.2, 0.25) is 15.9 Å². The first-order valence-corrected chi connectivity index (χ1v) is 16.1. The molecular weight excluding hydrogens is 611 g/mol. The highest BCUT2D eigenvalue weighted by atomic mass is 32.2. The molecule has 10 nitrogen and oxygen atoms in total. The molecule has 0 aliphatic carbocycles. The average molecular weight is 648 g/mol. The Balaban J connectivity index is 1.33. The molecule has 45 heavy (non-hydrogen) atoms. The Kier molecular flexibility index (Phi) is 9.81. The largest absolute Gasteiger partial charge is 0.495 e. The number of carbonyl (C=O) groups excluding carboxylic acids is 1. The van der Waals surface area contributed by atoms with Crippen LogP contribution in [0.2, 0.25) is 0 Å². The monoisotopic (exact) mass is 647 g/mol. The summed E-state index contributed by atoms with van der Waals surface area (Å²) in [4.78, 5) is 13.3. The van der Waals surface area contributed by atoms with Gasteiger partial charge in [0, 0.05) is 69.5 Å². The second-order valence-corrected chi connectivity index (χ2v) is 12.9. The van der Waals surface area contributed by atoms with E-state index in [0.29, 0.717) is 42.9 Å². The zero-order valence-electron chi connectivity index (χ0n) is 25.1. The third-order valence-corrected chi connectivity index (χ3v) is 9.84. The van der Waals surface area contributed by atoms with Gasteiger partial charge in [0.1, 0.15) is 12.3 Å². The molecule has 1 amide bonds. The summed E-state index contributed by atoms with van der Waals surface area (Å²) in [6.07, 6.45) is -2.82. The van der Waals surface area contributed by atoms with E-state index < -0.39 is 22.7 Å². The quantitative estimate of drug-likeness (QED) is 0.355. The fourth-order valence-electron chi connectivity index (χ4n) is 5.57. The van der Waals surface area contributed by atoms with Gasteiger partial charge in [0.15, 0.2) is 0 Å². The van der Waals surface area contributed by atoms with E-state index in [0.717, 1.165) is 18.5 Å². The molecule has 2 fully saturated rings. The lowest BCUT2D eigenvalue weighted by atomic mass is 10.1. The lowest BCUT2D eigenvalue weighted by molar-refractivity contribution is -0.140. The maximum atomic E-state index is 13.6. The topological polar surface area (TPSA) is 105 Å².